The SMILES string of the molecule is COc1ccc(OC)c([C@H]2CCCCCN2)c1. The summed E-state index contributed by atoms with van der Waals surface area (Å²) in [5.74, 6) is 1.84. The summed E-state index contributed by atoms with van der Waals surface area (Å²) in [5, 5.41) is 3.59. The lowest BCUT2D eigenvalue weighted by Gasteiger charge is -2.19. The monoisotopic (exact) mass is 235 g/mol. The van der Waals surface area contributed by atoms with E-state index in [0.29, 0.717) is 6.04 Å². The molecular weight excluding hydrogens is 214 g/mol. The molecule has 0 spiro atoms. The molecule has 1 saturated heterocycles. The molecule has 0 radical (unpaired) electrons. The van der Waals surface area contributed by atoms with Gasteiger partial charge in [0.25, 0.3) is 0 Å². The molecule has 1 N–H and O–H groups in total. The molecule has 1 aliphatic heterocycles. The summed E-state index contributed by atoms with van der Waals surface area (Å²) in [5.41, 5.74) is 1.22. The molecule has 1 atom stereocenters. The second-order valence-electron chi connectivity index (χ2n) is 4.46. The van der Waals surface area contributed by atoms with Crippen molar-refractivity contribution in [2.75, 3.05) is 20.8 Å². The Hall–Kier alpha value is -1.22. The largest absolute Gasteiger partial charge is 0.497 e. The average Bonchev–Trinajstić information content (AvgIpc) is 2.66. The van der Waals surface area contributed by atoms with E-state index in [1.807, 2.05) is 12.1 Å². The van der Waals surface area contributed by atoms with Gasteiger partial charge in [-0.1, -0.05) is 12.8 Å². The summed E-state index contributed by atoms with van der Waals surface area (Å²) in [6.07, 6.45) is 5.03. The first-order valence-electron chi connectivity index (χ1n) is 6.30. The molecule has 0 amide bonds. The molecule has 0 aliphatic carbocycles. The van der Waals surface area contributed by atoms with Gasteiger partial charge in [-0.05, 0) is 37.6 Å². The van der Waals surface area contributed by atoms with Crippen LogP contribution < -0.4 is 14.8 Å². The lowest BCUT2D eigenvalue weighted by Crippen LogP contribution is -2.20. The molecule has 1 aromatic rings. The van der Waals surface area contributed by atoms with Crippen LogP contribution in [0.4, 0.5) is 0 Å². The third-order valence-electron chi connectivity index (χ3n) is 3.37. The summed E-state index contributed by atoms with van der Waals surface area (Å²) in [7, 11) is 3.42. The third kappa shape index (κ3) is 2.91. The molecule has 17 heavy (non-hydrogen) atoms. The van der Waals surface area contributed by atoms with Gasteiger partial charge in [0.2, 0.25) is 0 Å². The number of hydrogen-bond donors (Lipinski definition) is 1. The molecule has 0 saturated carbocycles. The second kappa shape index (κ2) is 5.92. The molecule has 0 unspecified atom stereocenters. The van der Waals surface area contributed by atoms with E-state index in [9.17, 15) is 0 Å². The molecule has 1 fully saturated rings. The van der Waals surface area contributed by atoms with Crippen molar-refractivity contribution in [3.05, 3.63) is 23.8 Å². The summed E-state index contributed by atoms with van der Waals surface area (Å²) in [6, 6.07) is 6.41. The van der Waals surface area contributed by atoms with Crippen molar-refractivity contribution in [3.8, 4) is 11.5 Å². The van der Waals surface area contributed by atoms with E-state index in [1.54, 1.807) is 14.2 Å². The molecule has 1 aliphatic rings. The Labute approximate surface area is 103 Å². The predicted octanol–water partition coefficient (Wildman–Crippen LogP) is 2.91. The molecular formula is C14H21NO2. The number of methoxy groups -OCH3 is 2. The Morgan fingerprint density at radius 3 is 2.76 bits per heavy atom. The van der Waals surface area contributed by atoms with E-state index >= 15 is 0 Å². The van der Waals surface area contributed by atoms with Gasteiger partial charge in [0.1, 0.15) is 11.5 Å². The number of nitrogens with one attached hydrogen (secondary N) is 1. The quantitative estimate of drug-likeness (QED) is 0.873. The topological polar surface area (TPSA) is 30.5 Å². The van der Waals surface area contributed by atoms with E-state index in [0.717, 1.165) is 18.0 Å². The van der Waals surface area contributed by atoms with Crippen molar-refractivity contribution in [1.82, 2.24) is 5.32 Å². The Kier molecular flexibility index (Phi) is 4.26. The minimum Gasteiger partial charge on any atom is -0.497 e. The predicted molar refractivity (Wildman–Crippen MR) is 68.8 cm³/mol. The number of rotatable bonds is 3. The van der Waals surface area contributed by atoms with Gasteiger partial charge in [-0.3, -0.25) is 0 Å². The van der Waals surface area contributed by atoms with Crippen LogP contribution in [0.1, 0.15) is 37.3 Å². The van der Waals surface area contributed by atoms with Crippen LogP contribution in [0.3, 0.4) is 0 Å². The minimum absolute atomic E-state index is 0.391. The van der Waals surface area contributed by atoms with E-state index in [1.165, 1.54) is 31.2 Å². The molecule has 3 nitrogen and oxygen atoms in total. The fourth-order valence-corrected chi connectivity index (χ4v) is 2.41. The van der Waals surface area contributed by atoms with Gasteiger partial charge in [0, 0.05) is 11.6 Å². The molecule has 0 aromatic heterocycles. The average molecular weight is 235 g/mol. The van der Waals surface area contributed by atoms with Gasteiger partial charge >= 0.3 is 0 Å². The van der Waals surface area contributed by atoms with Gasteiger partial charge in [0.15, 0.2) is 0 Å². The maximum atomic E-state index is 5.44. The zero-order chi connectivity index (χ0) is 12.1. The molecule has 1 heterocycles. The van der Waals surface area contributed by atoms with Crippen LogP contribution in [-0.4, -0.2) is 20.8 Å². The summed E-state index contributed by atoms with van der Waals surface area (Å²) in [4.78, 5) is 0. The van der Waals surface area contributed by atoms with Gasteiger partial charge in [-0.25, -0.2) is 0 Å². The minimum atomic E-state index is 0.391. The normalized spacial score (nSPS) is 20.7. The highest BCUT2D eigenvalue weighted by Crippen LogP contribution is 2.32. The lowest BCUT2D eigenvalue weighted by atomic mass is 10.0. The van der Waals surface area contributed by atoms with Crippen LogP contribution in [0, 0.1) is 0 Å². The fourth-order valence-electron chi connectivity index (χ4n) is 2.41. The van der Waals surface area contributed by atoms with Crippen molar-refractivity contribution >= 4 is 0 Å². The highest BCUT2D eigenvalue weighted by atomic mass is 16.5. The van der Waals surface area contributed by atoms with Crippen LogP contribution in [0.2, 0.25) is 0 Å². The highest BCUT2D eigenvalue weighted by molar-refractivity contribution is 5.42. The second-order valence-corrected chi connectivity index (χ2v) is 4.46. The summed E-state index contributed by atoms with van der Waals surface area (Å²) in [6.45, 7) is 1.09. The first-order chi connectivity index (χ1) is 8.35. The summed E-state index contributed by atoms with van der Waals surface area (Å²) >= 11 is 0. The number of benzene rings is 1. The van der Waals surface area contributed by atoms with Crippen LogP contribution in [0.25, 0.3) is 0 Å². The number of hydrogen-bond acceptors (Lipinski definition) is 3. The molecule has 94 valence electrons. The maximum absolute atomic E-state index is 5.44. The lowest BCUT2D eigenvalue weighted by molar-refractivity contribution is 0.388. The molecule has 0 bridgehead atoms. The highest BCUT2D eigenvalue weighted by Gasteiger charge is 2.18. The van der Waals surface area contributed by atoms with Gasteiger partial charge < -0.3 is 14.8 Å². The molecule has 2 rings (SSSR count). The van der Waals surface area contributed by atoms with Gasteiger partial charge in [-0.2, -0.15) is 0 Å². The smallest absolute Gasteiger partial charge is 0.123 e. The fraction of sp³-hybridized carbons (Fsp3) is 0.571. The van der Waals surface area contributed by atoms with E-state index in [-0.39, 0.29) is 0 Å². The van der Waals surface area contributed by atoms with Crippen LogP contribution in [0.15, 0.2) is 18.2 Å². The summed E-state index contributed by atoms with van der Waals surface area (Å²) < 4.78 is 10.7. The van der Waals surface area contributed by atoms with Crippen LogP contribution >= 0.6 is 0 Å². The standard InChI is InChI=1S/C14H21NO2/c1-16-11-7-8-14(17-2)12(10-11)13-6-4-3-5-9-15-13/h7-8,10,13,15H,3-6,9H2,1-2H3/t13-/m1/s1. The molecule has 1 aromatic carbocycles. The molecule has 3 heteroatoms. The zero-order valence-corrected chi connectivity index (χ0v) is 10.7. The van der Waals surface area contributed by atoms with Crippen molar-refractivity contribution < 1.29 is 9.47 Å². The Bertz CT molecular complexity index is 357. The first kappa shape index (κ1) is 12.2. The third-order valence-corrected chi connectivity index (χ3v) is 3.37. The zero-order valence-electron chi connectivity index (χ0n) is 10.7. The Morgan fingerprint density at radius 1 is 1.12 bits per heavy atom. The first-order valence-corrected chi connectivity index (χ1v) is 6.30. The van der Waals surface area contributed by atoms with E-state index in [4.69, 9.17) is 9.47 Å². The van der Waals surface area contributed by atoms with Crippen molar-refractivity contribution in [1.29, 1.82) is 0 Å². The van der Waals surface area contributed by atoms with E-state index < -0.39 is 0 Å². The number of ether oxygens (including phenoxy) is 2. The van der Waals surface area contributed by atoms with Crippen LogP contribution in [-0.2, 0) is 0 Å². The van der Waals surface area contributed by atoms with Crippen molar-refractivity contribution in [2.45, 2.75) is 31.7 Å². The van der Waals surface area contributed by atoms with E-state index in [2.05, 4.69) is 11.4 Å². The van der Waals surface area contributed by atoms with Gasteiger partial charge in [0.05, 0.1) is 14.2 Å². The Balaban J connectivity index is 2.26. The van der Waals surface area contributed by atoms with Gasteiger partial charge in [-0.15, -0.1) is 0 Å². The van der Waals surface area contributed by atoms with Crippen LogP contribution in [0.5, 0.6) is 11.5 Å². The maximum Gasteiger partial charge on any atom is 0.123 e. The van der Waals surface area contributed by atoms with Crippen molar-refractivity contribution in [3.63, 3.8) is 0 Å². The van der Waals surface area contributed by atoms with Crippen molar-refractivity contribution in [2.24, 2.45) is 0 Å². The Morgan fingerprint density at radius 2 is 2.00 bits per heavy atom.